The number of aromatic nitrogens is 2. The quantitative estimate of drug-likeness (QED) is 0.803. The van der Waals surface area contributed by atoms with E-state index in [9.17, 15) is 14.0 Å². The topological polar surface area (TPSA) is 64.0 Å². The Morgan fingerprint density at radius 1 is 1.00 bits per heavy atom. The van der Waals surface area contributed by atoms with Gasteiger partial charge < -0.3 is 5.32 Å². The van der Waals surface area contributed by atoms with Gasteiger partial charge in [0.1, 0.15) is 12.4 Å². The number of nitrogens with zero attached hydrogens (tertiary/aromatic N) is 2. The molecule has 3 rings (SSSR count). The fraction of sp³-hybridized carbons (Fsp3) is 0.0556. The lowest BCUT2D eigenvalue weighted by Gasteiger charge is -2.08. The molecule has 0 fully saturated rings. The number of hydrogen-bond donors (Lipinski definition) is 1. The summed E-state index contributed by atoms with van der Waals surface area (Å²) in [5.74, 6) is -0.803. The molecule has 0 saturated heterocycles. The van der Waals surface area contributed by atoms with Crippen LogP contribution in [0.4, 0.5) is 10.1 Å². The van der Waals surface area contributed by atoms with Gasteiger partial charge in [0.2, 0.25) is 5.91 Å². The molecule has 1 amide bonds. The van der Waals surface area contributed by atoms with Crippen LogP contribution in [0.2, 0.25) is 0 Å². The second-order valence-electron chi connectivity index (χ2n) is 5.14. The largest absolute Gasteiger partial charge is 0.324 e. The molecule has 1 aromatic heterocycles. The third-order valence-electron chi connectivity index (χ3n) is 3.36. The summed E-state index contributed by atoms with van der Waals surface area (Å²) in [6.07, 6.45) is 0. The molecule has 1 N–H and O–H groups in total. The second-order valence-corrected chi connectivity index (χ2v) is 5.14. The van der Waals surface area contributed by atoms with Gasteiger partial charge in [-0.3, -0.25) is 9.59 Å². The van der Waals surface area contributed by atoms with E-state index in [0.29, 0.717) is 11.4 Å². The lowest BCUT2D eigenvalue weighted by atomic mass is 10.1. The maximum atomic E-state index is 12.9. The lowest BCUT2D eigenvalue weighted by molar-refractivity contribution is -0.117. The molecule has 1 heterocycles. The number of nitrogens with one attached hydrogen (secondary N) is 1. The third kappa shape index (κ3) is 3.73. The normalized spacial score (nSPS) is 10.4. The van der Waals surface area contributed by atoms with E-state index >= 15 is 0 Å². The van der Waals surface area contributed by atoms with Crippen LogP contribution in [0.15, 0.2) is 71.5 Å². The van der Waals surface area contributed by atoms with Crippen LogP contribution >= 0.6 is 0 Å². The predicted octanol–water partition coefficient (Wildman–Crippen LogP) is 2.69. The lowest BCUT2D eigenvalue weighted by Crippen LogP contribution is -2.29. The zero-order valence-electron chi connectivity index (χ0n) is 12.6. The minimum absolute atomic E-state index is 0.225. The van der Waals surface area contributed by atoms with Gasteiger partial charge in [0.25, 0.3) is 5.56 Å². The number of benzene rings is 2. The molecule has 6 heteroatoms. The number of halogens is 1. The van der Waals surface area contributed by atoms with Gasteiger partial charge >= 0.3 is 0 Å². The Morgan fingerprint density at radius 2 is 1.71 bits per heavy atom. The first kappa shape index (κ1) is 15.6. The van der Waals surface area contributed by atoms with Crippen molar-refractivity contribution in [1.82, 2.24) is 9.78 Å². The van der Waals surface area contributed by atoms with Crippen LogP contribution in [0.5, 0.6) is 0 Å². The number of anilines is 1. The maximum absolute atomic E-state index is 12.9. The Labute approximate surface area is 137 Å². The zero-order valence-corrected chi connectivity index (χ0v) is 12.6. The van der Waals surface area contributed by atoms with Crippen LogP contribution in [0.3, 0.4) is 0 Å². The molecule has 0 bridgehead atoms. The van der Waals surface area contributed by atoms with E-state index in [0.717, 1.165) is 10.2 Å². The van der Waals surface area contributed by atoms with E-state index in [-0.39, 0.29) is 17.9 Å². The van der Waals surface area contributed by atoms with E-state index in [1.807, 2.05) is 30.3 Å². The van der Waals surface area contributed by atoms with Gasteiger partial charge in [-0.1, -0.05) is 30.3 Å². The molecule has 3 aromatic rings. The molecule has 0 aliphatic carbocycles. The highest BCUT2D eigenvalue weighted by atomic mass is 19.1. The molecular formula is C18H14FN3O2. The number of carbonyl (C=O) groups is 1. The van der Waals surface area contributed by atoms with Crippen LogP contribution in [0.25, 0.3) is 11.3 Å². The van der Waals surface area contributed by atoms with Crippen LogP contribution in [0.1, 0.15) is 0 Å². The van der Waals surface area contributed by atoms with E-state index in [1.165, 1.54) is 30.3 Å². The number of amides is 1. The Kier molecular flexibility index (Phi) is 4.47. The van der Waals surface area contributed by atoms with Gasteiger partial charge in [-0.2, -0.15) is 5.10 Å². The van der Waals surface area contributed by atoms with Crippen molar-refractivity contribution < 1.29 is 9.18 Å². The average molecular weight is 323 g/mol. The second kappa shape index (κ2) is 6.87. The smallest absolute Gasteiger partial charge is 0.267 e. The van der Waals surface area contributed by atoms with Crippen LogP contribution in [-0.2, 0) is 11.3 Å². The van der Waals surface area contributed by atoms with Gasteiger partial charge in [-0.05, 0) is 30.3 Å². The molecule has 24 heavy (non-hydrogen) atoms. The summed E-state index contributed by atoms with van der Waals surface area (Å²) in [5.41, 5.74) is 1.53. The van der Waals surface area contributed by atoms with Crippen LogP contribution in [0, 0.1) is 5.82 Å². The summed E-state index contributed by atoms with van der Waals surface area (Å²) >= 11 is 0. The molecule has 0 unspecified atom stereocenters. The first-order chi connectivity index (χ1) is 11.6. The summed E-state index contributed by atoms with van der Waals surface area (Å²) in [7, 11) is 0. The van der Waals surface area contributed by atoms with Gasteiger partial charge in [0.15, 0.2) is 0 Å². The summed E-state index contributed by atoms with van der Waals surface area (Å²) < 4.78 is 14.0. The van der Waals surface area contributed by atoms with Crippen molar-refractivity contribution in [1.29, 1.82) is 0 Å². The highest BCUT2D eigenvalue weighted by Gasteiger charge is 2.08. The SMILES string of the molecule is O=C(Cn1nc(-c2ccccc2)ccc1=O)Nc1ccc(F)cc1. The summed E-state index contributed by atoms with van der Waals surface area (Å²) in [6, 6.07) is 17.7. The highest BCUT2D eigenvalue weighted by Crippen LogP contribution is 2.14. The van der Waals surface area contributed by atoms with Gasteiger partial charge in [-0.15, -0.1) is 0 Å². The molecule has 120 valence electrons. The maximum Gasteiger partial charge on any atom is 0.267 e. The molecule has 0 atom stereocenters. The number of rotatable bonds is 4. The first-order valence-electron chi connectivity index (χ1n) is 7.31. The van der Waals surface area contributed by atoms with Gasteiger partial charge in [0.05, 0.1) is 5.69 Å². The van der Waals surface area contributed by atoms with Crippen molar-refractivity contribution in [2.75, 3.05) is 5.32 Å². The van der Waals surface area contributed by atoms with E-state index in [1.54, 1.807) is 6.07 Å². The monoisotopic (exact) mass is 323 g/mol. The van der Waals surface area contributed by atoms with Crippen molar-refractivity contribution >= 4 is 11.6 Å². The van der Waals surface area contributed by atoms with Gasteiger partial charge in [-0.25, -0.2) is 9.07 Å². The van der Waals surface area contributed by atoms with E-state index < -0.39 is 5.91 Å². The van der Waals surface area contributed by atoms with Crippen molar-refractivity contribution in [3.63, 3.8) is 0 Å². The molecular weight excluding hydrogens is 309 g/mol. The number of hydrogen-bond acceptors (Lipinski definition) is 3. The van der Waals surface area contributed by atoms with Crippen LogP contribution < -0.4 is 10.9 Å². The molecule has 2 aromatic carbocycles. The Balaban J connectivity index is 1.78. The Bertz CT molecular complexity index is 906. The summed E-state index contributed by atoms with van der Waals surface area (Å²) in [4.78, 5) is 24.0. The summed E-state index contributed by atoms with van der Waals surface area (Å²) in [5, 5.41) is 6.82. The van der Waals surface area contributed by atoms with Crippen molar-refractivity contribution in [2.24, 2.45) is 0 Å². The Morgan fingerprint density at radius 3 is 2.42 bits per heavy atom. The van der Waals surface area contributed by atoms with Crippen molar-refractivity contribution in [3.8, 4) is 11.3 Å². The third-order valence-corrected chi connectivity index (χ3v) is 3.36. The molecule has 0 radical (unpaired) electrons. The first-order valence-corrected chi connectivity index (χ1v) is 7.31. The molecule has 0 spiro atoms. The van der Waals surface area contributed by atoms with E-state index in [4.69, 9.17) is 0 Å². The standard InChI is InChI=1S/C18H14FN3O2/c19-14-6-8-15(9-7-14)20-17(23)12-22-18(24)11-10-16(21-22)13-4-2-1-3-5-13/h1-11H,12H2,(H,20,23). The van der Waals surface area contributed by atoms with E-state index in [2.05, 4.69) is 10.4 Å². The van der Waals surface area contributed by atoms with Gasteiger partial charge in [0, 0.05) is 17.3 Å². The number of carbonyl (C=O) groups excluding carboxylic acids is 1. The minimum Gasteiger partial charge on any atom is -0.324 e. The average Bonchev–Trinajstić information content (AvgIpc) is 2.60. The molecule has 5 nitrogen and oxygen atoms in total. The minimum atomic E-state index is -0.415. The zero-order chi connectivity index (χ0) is 16.9. The fourth-order valence-electron chi connectivity index (χ4n) is 2.19. The molecule has 0 aliphatic heterocycles. The molecule has 0 aliphatic rings. The van der Waals surface area contributed by atoms with Crippen molar-refractivity contribution in [2.45, 2.75) is 6.54 Å². The molecule has 0 saturated carbocycles. The van der Waals surface area contributed by atoms with Crippen LogP contribution in [-0.4, -0.2) is 15.7 Å². The van der Waals surface area contributed by atoms with Crippen molar-refractivity contribution in [3.05, 3.63) is 82.9 Å². The fourth-order valence-corrected chi connectivity index (χ4v) is 2.19. The summed E-state index contributed by atoms with van der Waals surface area (Å²) in [6.45, 7) is -0.225. The highest BCUT2D eigenvalue weighted by molar-refractivity contribution is 5.90. The predicted molar refractivity (Wildman–Crippen MR) is 89.0 cm³/mol. The Hall–Kier alpha value is -3.28.